The maximum atomic E-state index is 12.5. The maximum absolute atomic E-state index is 12.5. The molecule has 0 aromatic carbocycles. The van der Waals surface area contributed by atoms with Crippen molar-refractivity contribution in [3.63, 3.8) is 0 Å². The lowest BCUT2D eigenvalue weighted by Gasteiger charge is -2.44. The summed E-state index contributed by atoms with van der Waals surface area (Å²) in [5, 5.41) is 3.50. The first kappa shape index (κ1) is 14.5. The molecule has 120 valence electrons. The fourth-order valence-corrected chi connectivity index (χ4v) is 4.74. The Labute approximate surface area is 133 Å². The molecular formula is C18H27N3O. The number of rotatable bonds is 2. The van der Waals surface area contributed by atoms with Gasteiger partial charge in [-0.2, -0.15) is 0 Å². The van der Waals surface area contributed by atoms with Crippen LogP contribution in [-0.4, -0.2) is 53.5 Å². The number of nitrogens with zero attached hydrogens (tertiary/aromatic N) is 2. The fraction of sp³-hybridized carbons (Fsp3) is 0.722. The van der Waals surface area contributed by atoms with Gasteiger partial charge in [0, 0.05) is 49.3 Å². The van der Waals surface area contributed by atoms with Crippen molar-refractivity contribution in [1.29, 1.82) is 0 Å². The number of piperidine rings is 1. The minimum absolute atomic E-state index is 0.329. The third kappa shape index (κ3) is 2.33. The van der Waals surface area contributed by atoms with Crippen molar-refractivity contribution in [3.8, 4) is 0 Å². The van der Waals surface area contributed by atoms with Gasteiger partial charge in [0.2, 0.25) is 5.91 Å². The van der Waals surface area contributed by atoms with Gasteiger partial charge >= 0.3 is 0 Å². The Hall–Kier alpha value is -1.13. The highest BCUT2D eigenvalue weighted by molar-refractivity contribution is 5.82. The van der Waals surface area contributed by atoms with E-state index in [1.807, 2.05) is 0 Å². The summed E-state index contributed by atoms with van der Waals surface area (Å²) in [5.74, 6) is 0.805. The molecule has 0 bridgehead atoms. The van der Waals surface area contributed by atoms with E-state index in [0.717, 1.165) is 51.9 Å². The summed E-state index contributed by atoms with van der Waals surface area (Å²) in [6.45, 7) is 6.89. The van der Waals surface area contributed by atoms with Gasteiger partial charge in [-0.1, -0.05) is 12.2 Å². The van der Waals surface area contributed by atoms with Gasteiger partial charge < -0.3 is 10.2 Å². The predicted octanol–water partition coefficient (Wildman–Crippen LogP) is 1.90. The minimum atomic E-state index is 0.329. The zero-order valence-electron chi connectivity index (χ0n) is 13.6. The standard InChI is InChI=1S/C18H27N3O/c1-18(8-9-19-13-18)20-10-6-15(7-11-20)21-16-5-3-2-4-14(16)12-17(21)22/h2-3,5,14-15,19H,4,6-13H2,1H3. The molecule has 1 aliphatic carbocycles. The van der Waals surface area contributed by atoms with Crippen LogP contribution in [0.4, 0.5) is 0 Å². The summed E-state index contributed by atoms with van der Waals surface area (Å²) in [5.41, 5.74) is 1.62. The van der Waals surface area contributed by atoms with Crippen LogP contribution in [0.3, 0.4) is 0 Å². The van der Waals surface area contributed by atoms with E-state index in [1.54, 1.807) is 0 Å². The van der Waals surface area contributed by atoms with E-state index in [2.05, 4.69) is 40.3 Å². The van der Waals surface area contributed by atoms with Gasteiger partial charge in [0.25, 0.3) is 0 Å². The lowest BCUT2D eigenvalue weighted by Crippen LogP contribution is -2.54. The van der Waals surface area contributed by atoms with Crippen molar-refractivity contribution in [3.05, 3.63) is 23.9 Å². The average molecular weight is 301 g/mol. The smallest absolute Gasteiger partial charge is 0.227 e. The average Bonchev–Trinajstić information content (AvgIpc) is 3.11. The van der Waals surface area contributed by atoms with Gasteiger partial charge in [-0.3, -0.25) is 9.69 Å². The first-order valence-corrected chi connectivity index (χ1v) is 8.82. The third-order valence-corrected chi connectivity index (χ3v) is 6.15. The number of hydrogen-bond donors (Lipinski definition) is 1. The van der Waals surface area contributed by atoms with Crippen LogP contribution in [0.15, 0.2) is 23.9 Å². The molecule has 22 heavy (non-hydrogen) atoms. The summed E-state index contributed by atoms with van der Waals surface area (Å²) in [4.78, 5) is 17.3. The second kappa shape index (κ2) is 5.50. The van der Waals surface area contributed by atoms with Crippen LogP contribution in [0, 0.1) is 5.92 Å². The van der Waals surface area contributed by atoms with E-state index >= 15 is 0 Å². The molecule has 4 nitrogen and oxygen atoms in total. The monoisotopic (exact) mass is 301 g/mol. The molecule has 0 saturated carbocycles. The SMILES string of the molecule is CC1(N2CCC(N3C(=O)CC4CC=CC=C43)CC2)CCNC1. The van der Waals surface area contributed by atoms with E-state index < -0.39 is 0 Å². The Morgan fingerprint density at radius 3 is 2.86 bits per heavy atom. The van der Waals surface area contributed by atoms with Gasteiger partial charge in [-0.05, 0) is 45.2 Å². The zero-order valence-corrected chi connectivity index (χ0v) is 13.6. The highest BCUT2D eigenvalue weighted by Gasteiger charge is 2.42. The zero-order chi connectivity index (χ0) is 15.2. The summed E-state index contributed by atoms with van der Waals surface area (Å²) in [6.07, 6.45) is 11.7. The summed E-state index contributed by atoms with van der Waals surface area (Å²) in [7, 11) is 0. The van der Waals surface area contributed by atoms with Crippen LogP contribution in [0.2, 0.25) is 0 Å². The molecule has 4 heteroatoms. The van der Waals surface area contributed by atoms with Crippen molar-refractivity contribution in [2.24, 2.45) is 5.92 Å². The van der Waals surface area contributed by atoms with Crippen LogP contribution in [-0.2, 0) is 4.79 Å². The number of carbonyl (C=O) groups is 1. The lowest BCUT2D eigenvalue weighted by molar-refractivity contribution is -0.129. The van der Waals surface area contributed by atoms with Crippen molar-refractivity contribution in [2.45, 2.75) is 50.6 Å². The van der Waals surface area contributed by atoms with Crippen molar-refractivity contribution in [1.82, 2.24) is 15.1 Å². The second-order valence-corrected chi connectivity index (χ2v) is 7.56. The first-order chi connectivity index (χ1) is 10.7. The van der Waals surface area contributed by atoms with Crippen LogP contribution >= 0.6 is 0 Å². The number of allylic oxidation sites excluding steroid dienone is 4. The highest BCUT2D eigenvalue weighted by Crippen LogP contribution is 2.38. The molecule has 4 rings (SSSR count). The quantitative estimate of drug-likeness (QED) is 0.846. The van der Waals surface area contributed by atoms with Gasteiger partial charge in [-0.15, -0.1) is 0 Å². The number of carbonyl (C=O) groups excluding carboxylic acids is 1. The van der Waals surface area contributed by atoms with E-state index in [0.29, 0.717) is 23.4 Å². The number of likely N-dealkylation sites (tertiary alicyclic amines) is 2. The number of nitrogens with one attached hydrogen (secondary N) is 1. The van der Waals surface area contributed by atoms with E-state index in [-0.39, 0.29) is 0 Å². The molecule has 2 unspecified atom stereocenters. The van der Waals surface area contributed by atoms with E-state index in [4.69, 9.17) is 0 Å². The highest BCUT2D eigenvalue weighted by atomic mass is 16.2. The Morgan fingerprint density at radius 1 is 1.32 bits per heavy atom. The van der Waals surface area contributed by atoms with Crippen molar-refractivity contribution < 1.29 is 4.79 Å². The third-order valence-electron chi connectivity index (χ3n) is 6.15. The molecule has 3 aliphatic heterocycles. The van der Waals surface area contributed by atoms with E-state index in [9.17, 15) is 4.79 Å². The van der Waals surface area contributed by atoms with Gasteiger partial charge in [0.1, 0.15) is 0 Å². The van der Waals surface area contributed by atoms with Crippen molar-refractivity contribution >= 4 is 5.91 Å². The molecule has 0 radical (unpaired) electrons. The minimum Gasteiger partial charge on any atom is -0.315 e. The Kier molecular flexibility index (Phi) is 3.61. The molecule has 2 atom stereocenters. The number of amides is 1. The van der Waals surface area contributed by atoms with Crippen LogP contribution in [0.25, 0.3) is 0 Å². The molecule has 0 aromatic heterocycles. The lowest BCUT2D eigenvalue weighted by atomic mass is 9.92. The Bertz CT molecular complexity index is 510. The van der Waals surface area contributed by atoms with Crippen molar-refractivity contribution in [2.75, 3.05) is 26.2 Å². The molecule has 1 amide bonds. The normalized spacial score (nSPS) is 36.8. The van der Waals surface area contributed by atoms with E-state index in [1.165, 1.54) is 12.1 Å². The Morgan fingerprint density at radius 2 is 2.14 bits per heavy atom. The first-order valence-electron chi connectivity index (χ1n) is 8.82. The summed E-state index contributed by atoms with van der Waals surface area (Å²) in [6, 6.07) is 0.421. The van der Waals surface area contributed by atoms with Crippen LogP contribution in [0.5, 0.6) is 0 Å². The molecule has 0 spiro atoms. The predicted molar refractivity (Wildman–Crippen MR) is 87.3 cm³/mol. The molecule has 3 saturated heterocycles. The van der Waals surface area contributed by atoms with Gasteiger partial charge in [0.15, 0.2) is 0 Å². The second-order valence-electron chi connectivity index (χ2n) is 7.56. The summed E-state index contributed by atoms with van der Waals surface area (Å²) >= 11 is 0. The van der Waals surface area contributed by atoms with Gasteiger partial charge in [-0.25, -0.2) is 0 Å². The van der Waals surface area contributed by atoms with Crippen LogP contribution in [0.1, 0.15) is 39.0 Å². The maximum Gasteiger partial charge on any atom is 0.227 e. The summed E-state index contributed by atoms with van der Waals surface area (Å²) < 4.78 is 0. The molecule has 1 N–H and O–H groups in total. The van der Waals surface area contributed by atoms with Crippen LogP contribution < -0.4 is 5.32 Å². The molecule has 3 fully saturated rings. The Balaban J connectivity index is 1.44. The molecular weight excluding hydrogens is 274 g/mol. The largest absolute Gasteiger partial charge is 0.315 e. The molecule has 0 aromatic rings. The topological polar surface area (TPSA) is 35.6 Å². The molecule has 4 aliphatic rings. The number of hydrogen-bond acceptors (Lipinski definition) is 3. The molecule has 3 heterocycles. The fourth-order valence-electron chi connectivity index (χ4n) is 4.74. The van der Waals surface area contributed by atoms with Gasteiger partial charge in [0.05, 0.1) is 0 Å². The number of fused-ring (bicyclic) bond motifs is 1.